The van der Waals surface area contributed by atoms with Crippen LogP contribution in [0.4, 0.5) is 5.69 Å². The number of nitrogens with one attached hydrogen (secondary N) is 1. The fourth-order valence-corrected chi connectivity index (χ4v) is 2.33. The van der Waals surface area contributed by atoms with Crippen LogP contribution in [0, 0.1) is 6.92 Å². The molecular weight excluding hydrogens is 276 g/mol. The molecule has 2 aromatic carbocycles. The van der Waals surface area contributed by atoms with Gasteiger partial charge >= 0.3 is 0 Å². The third-order valence-electron chi connectivity index (χ3n) is 3.49. The van der Waals surface area contributed by atoms with Crippen molar-refractivity contribution in [2.75, 3.05) is 12.4 Å². The highest BCUT2D eigenvalue weighted by Crippen LogP contribution is 2.22. The van der Waals surface area contributed by atoms with E-state index in [-0.39, 0.29) is 5.91 Å². The van der Waals surface area contributed by atoms with E-state index in [1.165, 1.54) is 0 Å². The summed E-state index contributed by atoms with van der Waals surface area (Å²) in [5.74, 6) is 0.577. The van der Waals surface area contributed by atoms with Gasteiger partial charge in [-0.05, 0) is 43.3 Å². The molecule has 0 atom stereocenters. The predicted octanol–water partition coefficient (Wildman–Crippen LogP) is 3.80. The summed E-state index contributed by atoms with van der Waals surface area (Å²) >= 11 is 0. The van der Waals surface area contributed by atoms with Crippen molar-refractivity contribution in [3.63, 3.8) is 0 Å². The van der Waals surface area contributed by atoms with E-state index in [4.69, 9.17) is 4.74 Å². The van der Waals surface area contributed by atoms with Crippen molar-refractivity contribution in [3.05, 3.63) is 65.9 Å². The number of nitrogens with zero attached hydrogens (tertiary/aromatic N) is 1. The largest absolute Gasteiger partial charge is 0.497 e. The normalized spacial score (nSPS) is 10.5. The van der Waals surface area contributed by atoms with Crippen molar-refractivity contribution >= 4 is 22.5 Å². The lowest BCUT2D eigenvalue weighted by Crippen LogP contribution is -2.14. The molecule has 4 nitrogen and oxygen atoms in total. The van der Waals surface area contributed by atoms with Gasteiger partial charge < -0.3 is 10.1 Å². The van der Waals surface area contributed by atoms with Gasteiger partial charge in [0, 0.05) is 11.1 Å². The van der Waals surface area contributed by atoms with Crippen LogP contribution in [-0.4, -0.2) is 18.0 Å². The van der Waals surface area contributed by atoms with Gasteiger partial charge in [-0.3, -0.25) is 9.78 Å². The van der Waals surface area contributed by atoms with Crippen LogP contribution in [0.15, 0.2) is 54.6 Å². The monoisotopic (exact) mass is 292 g/mol. The fraction of sp³-hybridized carbons (Fsp3) is 0.111. The van der Waals surface area contributed by atoms with Crippen LogP contribution in [0.1, 0.15) is 16.1 Å². The van der Waals surface area contributed by atoms with Crippen molar-refractivity contribution in [2.45, 2.75) is 6.92 Å². The van der Waals surface area contributed by atoms with E-state index in [9.17, 15) is 4.79 Å². The number of pyridine rings is 1. The Morgan fingerprint density at radius 1 is 1.09 bits per heavy atom. The quantitative estimate of drug-likeness (QED) is 0.798. The van der Waals surface area contributed by atoms with Crippen LogP contribution in [0.5, 0.6) is 5.75 Å². The van der Waals surface area contributed by atoms with Crippen molar-refractivity contribution in [3.8, 4) is 5.75 Å². The molecular formula is C18H16N2O2. The van der Waals surface area contributed by atoms with Crippen LogP contribution in [0.3, 0.4) is 0 Å². The topological polar surface area (TPSA) is 51.2 Å². The van der Waals surface area contributed by atoms with E-state index in [2.05, 4.69) is 10.3 Å². The summed E-state index contributed by atoms with van der Waals surface area (Å²) < 4.78 is 5.22. The molecule has 1 aromatic heterocycles. The van der Waals surface area contributed by atoms with Gasteiger partial charge in [0.2, 0.25) is 0 Å². The van der Waals surface area contributed by atoms with Gasteiger partial charge in [-0.15, -0.1) is 0 Å². The Bertz CT molecular complexity index is 829. The summed E-state index contributed by atoms with van der Waals surface area (Å²) in [5, 5.41) is 3.76. The second-order valence-corrected chi connectivity index (χ2v) is 5.00. The molecule has 0 aliphatic rings. The van der Waals surface area contributed by atoms with Crippen molar-refractivity contribution < 1.29 is 9.53 Å². The zero-order chi connectivity index (χ0) is 15.5. The minimum absolute atomic E-state index is 0.166. The molecule has 0 unspecified atom stereocenters. The molecule has 22 heavy (non-hydrogen) atoms. The number of para-hydroxylation sites is 1. The van der Waals surface area contributed by atoms with E-state index in [1.807, 2.05) is 61.5 Å². The maximum atomic E-state index is 12.5. The number of hydrogen-bond acceptors (Lipinski definition) is 3. The summed E-state index contributed by atoms with van der Waals surface area (Å²) in [6.45, 7) is 1.84. The van der Waals surface area contributed by atoms with Gasteiger partial charge in [0.1, 0.15) is 5.75 Å². The Kier molecular flexibility index (Phi) is 3.74. The highest BCUT2D eigenvalue weighted by Gasteiger charge is 2.12. The zero-order valence-electron chi connectivity index (χ0n) is 12.5. The molecule has 110 valence electrons. The lowest BCUT2D eigenvalue weighted by atomic mass is 10.1. The SMILES string of the molecule is COc1ccc2nc(C)c(C(=O)Nc3ccccc3)cc2c1. The molecule has 4 heteroatoms. The van der Waals surface area contributed by atoms with Gasteiger partial charge in [-0.1, -0.05) is 18.2 Å². The summed E-state index contributed by atoms with van der Waals surface area (Å²) in [5.41, 5.74) is 2.86. The van der Waals surface area contributed by atoms with Crippen LogP contribution in [0.2, 0.25) is 0 Å². The molecule has 1 N–H and O–H groups in total. The number of benzene rings is 2. The number of carbonyl (C=O) groups is 1. The minimum Gasteiger partial charge on any atom is -0.497 e. The number of hydrogen-bond donors (Lipinski definition) is 1. The molecule has 0 spiro atoms. The maximum absolute atomic E-state index is 12.5. The molecule has 0 radical (unpaired) electrons. The summed E-state index contributed by atoms with van der Waals surface area (Å²) in [6.07, 6.45) is 0. The summed E-state index contributed by atoms with van der Waals surface area (Å²) in [4.78, 5) is 16.9. The number of aryl methyl sites for hydroxylation is 1. The standard InChI is InChI=1S/C18H16N2O2/c1-12-16(18(21)20-14-6-4-3-5-7-14)11-13-10-15(22-2)8-9-17(13)19-12/h3-11H,1-2H3,(H,20,21). The summed E-state index contributed by atoms with van der Waals surface area (Å²) in [6, 6.07) is 16.8. The van der Waals surface area contributed by atoms with E-state index in [0.29, 0.717) is 11.3 Å². The average molecular weight is 292 g/mol. The molecule has 0 aliphatic carbocycles. The first-order valence-electron chi connectivity index (χ1n) is 6.99. The first kappa shape index (κ1) is 14.1. The second-order valence-electron chi connectivity index (χ2n) is 5.00. The number of aromatic nitrogens is 1. The van der Waals surface area contributed by atoms with Crippen molar-refractivity contribution in [1.82, 2.24) is 4.98 Å². The number of rotatable bonds is 3. The number of methoxy groups -OCH3 is 1. The van der Waals surface area contributed by atoms with Gasteiger partial charge in [-0.2, -0.15) is 0 Å². The Morgan fingerprint density at radius 2 is 1.86 bits per heavy atom. The molecule has 0 fully saturated rings. The molecule has 1 heterocycles. The van der Waals surface area contributed by atoms with Gasteiger partial charge in [-0.25, -0.2) is 0 Å². The van der Waals surface area contributed by atoms with Crippen LogP contribution < -0.4 is 10.1 Å². The molecule has 0 saturated carbocycles. The average Bonchev–Trinajstić information content (AvgIpc) is 2.54. The third kappa shape index (κ3) is 2.76. The third-order valence-corrected chi connectivity index (χ3v) is 3.49. The molecule has 0 aliphatic heterocycles. The Labute approximate surface area is 128 Å². The van der Waals surface area contributed by atoms with Crippen LogP contribution >= 0.6 is 0 Å². The minimum atomic E-state index is -0.166. The number of carbonyl (C=O) groups excluding carboxylic acids is 1. The van der Waals surface area contributed by atoms with Crippen LogP contribution in [0.25, 0.3) is 10.9 Å². The van der Waals surface area contributed by atoms with Crippen LogP contribution in [-0.2, 0) is 0 Å². The van der Waals surface area contributed by atoms with Gasteiger partial charge in [0.05, 0.1) is 23.9 Å². The maximum Gasteiger partial charge on any atom is 0.257 e. The smallest absolute Gasteiger partial charge is 0.257 e. The van der Waals surface area contributed by atoms with E-state index < -0.39 is 0 Å². The number of anilines is 1. The lowest BCUT2D eigenvalue weighted by molar-refractivity contribution is 0.102. The van der Waals surface area contributed by atoms with E-state index in [1.54, 1.807) is 7.11 Å². The zero-order valence-corrected chi connectivity index (χ0v) is 12.5. The first-order chi connectivity index (χ1) is 10.7. The summed E-state index contributed by atoms with van der Waals surface area (Å²) in [7, 11) is 1.62. The molecule has 1 amide bonds. The first-order valence-corrected chi connectivity index (χ1v) is 6.99. The highest BCUT2D eigenvalue weighted by atomic mass is 16.5. The van der Waals surface area contributed by atoms with Crippen molar-refractivity contribution in [2.24, 2.45) is 0 Å². The number of ether oxygens (including phenoxy) is 1. The van der Waals surface area contributed by atoms with E-state index in [0.717, 1.165) is 22.3 Å². The number of fused-ring (bicyclic) bond motifs is 1. The van der Waals surface area contributed by atoms with Gasteiger partial charge in [0.15, 0.2) is 0 Å². The van der Waals surface area contributed by atoms with Crippen molar-refractivity contribution in [1.29, 1.82) is 0 Å². The molecule has 3 aromatic rings. The molecule has 3 rings (SSSR count). The molecule has 0 saturated heterocycles. The Morgan fingerprint density at radius 3 is 2.59 bits per heavy atom. The highest BCUT2D eigenvalue weighted by molar-refractivity contribution is 6.06. The second kappa shape index (κ2) is 5.85. The number of amides is 1. The van der Waals surface area contributed by atoms with Gasteiger partial charge in [0.25, 0.3) is 5.91 Å². The lowest BCUT2D eigenvalue weighted by Gasteiger charge is -2.09. The Balaban J connectivity index is 1.98. The fourth-order valence-electron chi connectivity index (χ4n) is 2.33. The predicted molar refractivity (Wildman–Crippen MR) is 87.4 cm³/mol. The van der Waals surface area contributed by atoms with E-state index >= 15 is 0 Å². The molecule has 0 bridgehead atoms. The Hall–Kier alpha value is -2.88.